The molecule has 0 spiro atoms. The lowest BCUT2D eigenvalue weighted by atomic mass is 10.1. The number of aliphatic hydroxyl groups is 1. The molecule has 0 aliphatic carbocycles. The van der Waals surface area contributed by atoms with Gasteiger partial charge in [0.05, 0.1) is 6.61 Å². The van der Waals surface area contributed by atoms with Crippen molar-refractivity contribution in [2.75, 3.05) is 13.2 Å². The van der Waals surface area contributed by atoms with Crippen molar-refractivity contribution < 1.29 is 24.2 Å². The fraction of sp³-hybridized carbons (Fsp3) is 0.806. The van der Waals surface area contributed by atoms with Crippen LogP contribution in [0.1, 0.15) is 142 Å². The van der Waals surface area contributed by atoms with Crippen LogP contribution in [0.25, 0.3) is 0 Å². The number of carbonyl (C=O) groups is 2. The molecule has 36 heavy (non-hydrogen) atoms. The average Bonchev–Trinajstić information content (AvgIpc) is 2.88. The average molecular weight is 509 g/mol. The van der Waals surface area contributed by atoms with Gasteiger partial charge >= 0.3 is 11.9 Å². The van der Waals surface area contributed by atoms with Crippen molar-refractivity contribution in [2.45, 2.75) is 148 Å². The first-order valence-corrected chi connectivity index (χ1v) is 14.9. The van der Waals surface area contributed by atoms with E-state index in [4.69, 9.17) is 9.47 Å². The number of hydrogen-bond acceptors (Lipinski definition) is 5. The standard InChI is InChI=1S/C31H56O5/c1-3-5-7-9-11-13-15-17-19-21-23-25-30(33)35-28-29(27-32)36-31(34)26-24-22-20-18-16-14-12-10-8-6-4-2/h9-12,29,32H,3-8,13-28H2,1-2H3. The number of rotatable bonds is 26. The molecule has 0 fully saturated rings. The monoisotopic (exact) mass is 508 g/mol. The molecule has 210 valence electrons. The van der Waals surface area contributed by atoms with E-state index < -0.39 is 6.10 Å². The highest BCUT2D eigenvalue weighted by Crippen LogP contribution is 2.11. The van der Waals surface area contributed by atoms with E-state index in [9.17, 15) is 14.7 Å². The highest BCUT2D eigenvalue weighted by Gasteiger charge is 2.16. The van der Waals surface area contributed by atoms with Crippen molar-refractivity contribution in [2.24, 2.45) is 0 Å². The third kappa shape index (κ3) is 25.5. The van der Waals surface area contributed by atoms with E-state index in [1.54, 1.807) is 0 Å². The molecule has 5 heteroatoms. The molecule has 0 saturated heterocycles. The van der Waals surface area contributed by atoms with E-state index in [-0.39, 0.29) is 25.2 Å². The molecule has 0 bridgehead atoms. The highest BCUT2D eigenvalue weighted by atomic mass is 16.6. The van der Waals surface area contributed by atoms with E-state index in [0.717, 1.165) is 51.4 Å². The van der Waals surface area contributed by atoms with Crippen LogP contribution in [-0.4, -0.2) is 36.4 Å². The van der Waals surface area contributed by atoms with E-state index in [1.165, 1.54) is 64.2 Å². The Labute approximate surface area is 222 Å². The molecule has 0 amide bonds. The summed E-state index contributed by atoms with van der Waals surface area (Å²) in [5.41, 5.74) is 0. The summed E-state index contributed by atoms with van der Waals surface area (Å²) in [7, 11) is 0. The summed E-state index contributed by atoms with van der Waals surface area (Å²) in [6.45, 7) is 4.01. The van der Waals surface area contributed by atoms with Crippen molar-refractivity contribution in [3.63, 3.8) is 0 Å². The van der Waals surface area contributed by atoms with Gasteiger partial charge in [0.15, 0.2) is 6.10 Å². The predicted octanol–water partition coefficient (Wildman–Crippen LogP) is 8.39. The quantitative estimate of drug-likeness (QED) is 0.0721. The maximum atomic E-state index is 12.0. The molecule has 1 atom stereocenters. The summed E-state index contributed by atoms with van der Waals surface area (Å²) in [5.74, 6) is -0.618. The molecule has 0 aliphatic rings. The zero-order chi connectivity index (χ0) is 26.5. The summed E-state index contributed by atoms with van der Waals surface area (Å²) >= 11 is 0. The van der Waals surface area contributed by atoms with Gasteiger partial charge in [-0.25, -0.2) is 0 Å². The highest BCUT2D eigenvalue weighted by molar-refractivity contribution is 5.70. The van der Waals surface area contributed by atoms with Crippen LogP contribution in [0.3, 0.4) is 0 Å². The third-order valence-corrected chi connectivity index (χ3v) is 6.22. The minimum atomic E-state index is -0.772. The molecular weight excluding hydrogens is 452 g/mol. The maximum absolute atomic E-state index is 12.0. The largest absolute Gasteiger partial charge is 0.462 e. The number of esters is 2. The molecule has 0 heterocycles. The second-order valence-electron chi connectivity index (χ2n) is 9.82. The molecule has 0 aliphatic heterocycles. The van der Waals surface area contributed by atoms with E-state index in [1.807, 2.05) is 0 Å². The second kappa shape index (κ2) is 28.0. The summed E-state index contributed by atoms with van der Waals surface area (Å²) in [4.78, 5) is 24.0. The fourth-order valence-corrected chi connectivity index (χ4v) is 3.87. The lowest BCUT2D eigenvalue weighted by Gasteiger charge is -2.15. The molecule has 1 unspecified atom stereocenters. The minimum absolute atomic E-state index is 0.0722. The molecule has 0 aromatic carbocycles. The van der Waals surface area contributed by atoms with Crippen molar-refractivity contribution >= 4 is 11.9 Å². The smallest absolute Gasteiger partial charge is 0.306 e. The van der Waals surface area contributed by atoms with Gasteiger partial charge in [-0.3, -0.25) is 9.59 Å². The van der Waals surface area contributed by atoms with Gasteiger partial charge in [-0.05, 0) is 51.4 Å². The lowest BCUT2D eigenvalue weighted by molar-refractivity contribution is -0.161. The third-order valence-electron chi connectivity index (χ3n) is 6.22. The Hall–Kier alpha value is -1.62. The van der Waals surface area contributed by atoms with Gasteiger partial charge in [-0.15, -0.1) is 0 Å². The van der Waals surface area contributed by atoms with Gasteiger partial charge in [0.25, 0.3) is 0 Å². The molecule has 0 saturated carbocycles. The van der Waals surface area contributed by atoms with Crippen LogP contribution in [0.4, 0.5) is 0 Å². The maximum Gasteiger partial charge on any atom is 0.306 e. The summed E-state index contributed by atoms with van der Waals surface area (Å²) in [5, 5.41) is 9.45. The fourth-order valence-electron chi connectivity index (χ4n) is 3.87. The normalized spacial score (nSPS) is 12.4. The molecule has 0 aromatic heterocycles. The van der Waals surface area contributed by atoms with Gasteiger partial charge in [0, 0.05) is 12.8 Å². The van der Waals surface area contributed by atoms with Crippen molar-refractivity contribution in [3.05, 3.63) is 24.3 Å². The van der Waals surface area contributed by atoms with Crippen LogP contribution in [0.15, 0.2) is 24.3 Å². The Bertz CT molecular complexity index is 555. The molecule has 0 rings (SSSR count). The number of allylic oxidation sites excluding steroid dienone is 4. The van der Waals surface area contributed by atoms with Crippen LogP contribution in [-0.2, 0) is 19.1 Å². The number of carbonyl (C=O) groups excluding carboxylic acids is 2. The second-order valence-corrected chi connectivity index (χ2v) is 9.82. The van der Waals surface area contributed by atoms with Crippen molar-refractivity contribution in [3.8, 4) is 0 Å². The van der Waals surface area contributed by atoms with Crippen LogP contribution < -0.4 is 0 Å². The van der Waals surface area contributed by atoms with E-state index in [0.29, 0.717) is 12.8 Å². The minimum Gasteiger partial charge on any atom is -0.462 e. The number of ether oxygens (including phenoxy) is 2. The number of unbranched alkanes of at least 4 members (excludes halogenated alkanes) is 14. The summed E-state index contributed by atoms with van der Waals surface area (Å²) in [6.07, 6.45) is 29.4. The Morgan fingerprint density at radius 3 is 1.50 bits per heavy atom. The SMILES string of the molecule is CCCCC=CCCCCCCCC(=O)OCC(CO)OC(=O)CCCCCCCC=CCCCC. The predicted molar refractivity (Wildman–Crippen MR) is 150 cm³/mol. The summed E-state index contributed by atoms with van der Waals surface area (Å²) < 4.78 is 10.5. The van der Waals surface area contributed by atoms with Crippen LogP contribution in [0.5, 0.6) is 0 Å². The Morgan fingerprint density at radius 2 is 1.03 bits per heavy atom. The Balaban J connectivity index is 3.64. The Morgan fingerprint density at radius 1 is 0.611 bits per heavy atom. The van der Waals surface area contributed by atoms with Gasteiger partial charge in [-0.1, -0.05) is 102 Å². The first kappa shape index (κ1) is 34.4. The van der Waals surface area contributed by atoms with Crippen LogP contribution in [0.2, 0.25) is 0 Å². The van der Waals surface area contributed by atoms with Crippen molar-refractivity contribution in [1.29, 1.82) is 0 Å². The van der Waals surface area contributed by atoms with Gasteiger partial charge < -0.3 is 14.6 Å². The van der Waals surface area contributed by atoms with Crippen molar-refractivity contribution in [1.82, 2.24) is 0 Å². The van der Waals surface area contributed by atoms with Gasteiger partial charge in [0.2, 0.25) is 0 Å². The van der Waals surface area contributed by atoms with E-state index in [2.05, 4.69) is 38.2 Å². The number of aliphatic hydroxyl groups excluding tert-OH is 1. The lowest BCUT2D eigenvalue weighted by Crippen LogP contribution is -2.28. The van der Waals surface area contributed by atoms with Gasteiger partial charge in [-0.2, -0.15) is 0 Å². The molecule has 0 radical (unpaired) electrons. The molecule has 1 N–H and O–H groups in total. The summed E-state index contributed by atoms with van der Waals surface area (Å²) in [6, 6.07) is 0. The zero-order valence-corrected chi connectivity index (χ0v) is 23.5. The molecule has 0 aromatic rings. The Kier molecular flexibility index (Phi) is 26.7. The molecule has 5 nitrogen and oxygen atoms in total. The van der Waals surface area contributed by atoms with Crippen LogP contribution in [0, 0.1) is 0 Å². The molecular formula is C31H56O5. The van der Waals surface area contributed by atoms with Gasteiger partial charge in [0.1, 0.15) is 6.61 Å². The topological polar surface area (TPSA) is 72.8 Å². The van der Waals surface area contributed by atoms with Crippen LogP contribution >= 0.6 is 0 Å². The first-order chi connectivity index (χ1) is 17.6. The zero-order valence-electron chi connectivity index (χ0n) is 23.5. The first-order valence-electron chi connectivity index (χ1n) is 14.9. The van der Waals surface area contributed by atoms with E-state index >= 15 is 0 Å². The number of hydrogen-bond donors (Lipinski definition) is 1.